The van der Waals surface area contributed by atoms with Crippen LogP contribution >= 0.6 is 0 Å². The van der Waals surface area contributed by atoms with Crippen molar-refractivity contribution < 1.29 is 8.42 Å². The molecule has 1 rings (SSSR count). The Labute approximate surface area is 127 Å². The summed E-state index contributed by atoms with van der Waals surface area (Å²) in [6.07, 6.45) is 0. The molecule has 0 spiro atoms. The Bertz CT molecular complexity index is 613. The summed E-state index contributed by atoms with van der Waals surface area (Å²) < 4.78 is 27.3. The third kappa shape index (κ3) is 4.83. The molecule has 0 saturated heterocycles. The second-order valence-corrected chi connectivity index (χ2v) is 7.17. The van der Waals surface area contributed by atoms with Gasteiger partial charge in [0.2, 0.25) is 0 Å². The van der Waals surface area contributed by atoms with Crippen LogP contribution in [0.5, 0.6) is 0 Å². The van der Waals surface area contributed by atoms with Crippen molar-refractivity contribution in [1.82, 2.24) is 8.61 Å². The molecule has 116 valence electrons. The first-order chi connectivity index (χ1) is 9.78. The van der Waals surface area contributed by atoms with E-state index < -0.39 is 10.2 Å². The van der Waals surface area contributed by atoms with Crippen LogP contribution in [0.15, 0.2) is 24.3 Å². The zero-order chi connectivity index (χ0) is 16.0. The lowest BCUT2D eigenvalue weighted by Gasteiger charge is -2.27. The van der Waals surface area contributed by atoms with Gasteiger partial charge in [-0.1, -0.05) is 24.0 Å². The first-order valence-corrected chi connectivity index (χ1v) is 8.16. The zero-order valence-electron chi connectivity index (χ0n) is 13.0. The highest BCUT2D eigenvalue weighted by Crippen LogP contribution is 2.13. The molecule has 21 heavy (non-hydrogen) atoms. The first-order valence-electron chi connectivity index (χ1n) is 6.76. The zero-order valence-corrected chi connectivity index (χ0v) is 13.8. The predicted molar refractivity (Wildman–Crippen MR) is 85.7 cm³/mol. The van der Waals surface area contributed by atoms with Crippen molar-refractivity contribution in [3.05, 3.63) is 35.4 Å². The van der Waals surface area contributed by atoms with Crippen molar-refractivity contribution >= 4 is 10.2 Å². The van der Waals surface area contributed by atoms with Gasteiger partial charge in [-0.05, 0) is 31.5 Å². The van der Waals surface area contributed by atoms with Gasteiger partial charge >= 0.3 is 0 Å². The van der Waals surface area contributed by atoms with Crippen LogP contribution in [0.2, 0.25) is 0 Å². The summed E-state index contributed by atoms with van der Waals surface area (Å²) in [5, 5.41) is 0. The number of nitrogens with zero attached hydrogens (tertiary/aromatic N) is 2. The molecule has 0 fully saturated rings. The Morgan fingerprint density at radius 3 is 2.24 bits per heavy atom. The molecule has 1 aromatic rings. The molecule has 0 aliphatic heterocycles. The van der Waals surface area contributed by atoms with Gasteiger partial charge in [0.1, 0.15) is 0 Å². The average Bonchev–Trinajstić information content (AvgIpc) is 2.45. The molecule has 0 heterocycles. The highest BCUT2D eigenvalue weighted by atomic mass is 32.2. The van der Waals surface area contributed by atoms with E-state index in [0.717, 1.165) is 11.1 Å². The maximum atomic E-state index is 12.3. The monoisotopic (exact) mass is 309 g/mol. The van der Waals surface area contributed by atoms with Crippen LogP contribution in [-0.4, -0.2) is 43.7 Å². The van der Waals surface area contributed by atoms with E-state index in [1.807, 2.05) is 38.1 Å². The Morgan fingerprint density at radius 2 is 1.76 bits per heavy atom. The van der Waals surface area contributed by atoms with Crippen LogP contribution in [0.1, 0.15) is 25.0 Å². The van der Waals surface area contributed by atoms with Crippen molar-refractivity contribution in [2.45, 2.75) is 26.4 Å². The topological polar surface area (TPSA) is 66.6 Å². The quantitative estimate of drug-likeness (QED) is 0.826. The van der Waals surface area contributed by atoms with Crippen LogP contribution in [0.25, 0.3) is 0 Å². The fraction of sp³-hybridized carbons (Fsp3) is 0.467. The van der Waals surface area contributed by atoms with E-state index >= 15 is 0 Å². The minimum absolute atomic E-state index is 0.0774. The van der Waals surface area contributed by atoms with Gasteiger partial charge in [0, 0.05) is 32.2 Å². The van der Waals surface area contributed by atoms with Crippen molar-refractivity contribution in [3.8, 4) is 11.8 Å². The summed E-state index contributed by atoms with van der Waals surface area (Å²) in [7, 11) is -0.274. The summed E-state index contributed by atoms with van der Waals surface area (Å²) >= 11 is 0. The number of nitrogens with two attached hydrogens (primary N) is 1. The minimum atomic E-state index is -3.44. The van der Waals surface area contributed by atoms with Crippen LogP contribution in [0.4, 0.5) is 0 Å². The van der Waals surface area contributed by atoms with E-state index in [1.165, 1.54) is 8.61 Å². The van der Waals surface area contributed by atoms with Gasteiger partial charge in [0.05, 0.1) is 6.54 Å². The second kappa shape index (κ2) is 7.57. The molecule has 5 nitrogen and oxygen atoms in total. The molecular formula is C15H23N3O2S. The van der Waals surface area contributed by atoms with Crippen LogP contribution in [0, 0.1) is 11.8 Å². The lowest BCUT2D eigenvalue weighted by molar-refractivity contribution is 0.355. The largest absolute Gasteiger partial charge is 0.320 e. The van der Waals surface area contributed by atoms with Crippen LogP contribution < -0.4 is 5.73 Å². The molecule has 0 bridgehead atoms. The van der Waals surface area contributed by atoms with Crippen molar-refractivity contribution in [2.75, 3.05) is 20.6 Å². The molecular weight excluding hydrogens is 286 g/mol. The summed E-state index contributed by atoms with van der Waals surface area (Å²) in [5.41, 5.74) is 7.10. The third-order valence-corrected chi connectivity index (χ3v) is 5.25. The molecule has 6 heteroatoms. The van der Waals surface area contributed by atoms with Gasteiger partial charge < -0.3 is 5.73 Å². The molecule has 0 aromatic heterocycles. The molecule has 0 atom stereocenters. The number of hydrogen-bond donors (Lipinski definition) is 1. The molecule has 0 amide bonds. The SMILES string of the molecule is CC(C)N(C)S(=O)(=O)N(C)Cc1ccc(C#CCN)cc1. The highest BCUT2D eigenvalue weighted by Gasteiger charge is 2.25. The van der Waals surface area contributed by atoms with Crippen molar-refractivity contribution in [1.29, 1.82) is 0 Å². The lowest BCUT2D eigenvalue weighted by atomic mass is 10.1. The van der Waals surface area contributed by atoms with E-state index in [4.69, 9.17) is 5.73 Å². The average molecular weight is 309 g/mol. The van der Waals surface area contributed by atoms with Crippen molar-refractivity contribution in [3.63, 3.8) is 0 Å². The number of benzene rings is 1. The smallest absolute Gasteiger partial charge is 0.282 e. The maximum absolute atomic E-state index is 12.3. The van der Waals surface area contributed by atoms with Gasteiger partial charge in [-0.25, -0.2) is 0 Å². The van der Waals surface area contributed by atoms with E-state index in [1.54, 1.807) is 14.1 Å². The molecule has 0 unspecified atom stereocenters. The summed E-state index contributed by atoms with van der Waals surface area (Å²) in [6, 6.07) is 7.41. The number of hydrogen-bond acceptors (Lipinski definition) is 3. The van der Waals surface area contributed by atoms with E-state index in [2.05, 4.69) is 11.8 Å². The highest BCUT2D eigenvalue weighted by molar-refractivity contribution is 7.86. The van der Waals surface area contributed by atoms with Gasteiger partial charge in [-0.3, -0.25) is 0 Å². The maximum Gasteiger partial charge on any atom is 0.282 e. The normalized spacial score (nSPS) is 11.8. The van der Waals surface area contributed by atoms with Gasteiger partial charge in [-0.15, -0.1) is 0 Å². The minimum Gasteiger partial charge on any atom is -0.320 e. The summed E-state index contributed by atoms with van der Waals surface area (Å²) in [5.74, 6) is 5.71. The molecule has 2 N–H and O–H groups in total. The van der Waals surface area contributed by atoms with E-state index in [-0.39, 0.29) is 6.04 Å². The molecule has 0 aliphatic carbocycles. The molecule has 0 aliphatic rings. The summed E-state index contributed by atoms with van der Waals surface area (Å²) in [6.45, 7) is 4.33. The standard InChI is InChI=1S/C15H23N3O2S/c1-13(2)18(4)21(19,20)17(3)12-15-9-7-14(8-10-15)6-5-11-16/h7-10,13H,11-12,16H2,1-4H3. The second-order valence-electron chi connectivity index (χ2n) is 5.08. The Morgan fingerprint density at radius 1 is 1.19 bits per heavy atom. The number of rotatable bonds is 5. The third-order valence-electron chi connectivity index (χ3n) is 3.18. The van der Waals surface area contributed by atoms with E-state index in [9.17, 15) is 8.42 Å². The van der Waals surface area contributed by atoms with Gasteiger partial charge in [-0.2, -0.15) is 17.0 Å². The molecule has 0 radical (unpaired) electrons. The predicted octanol–water partition coefficient (Wildman–Crippen LogP) is 1.01. The van der Waals surface area contributed by atoms with Crippen LogP contribution in [0.3, 0.4) is 0 Å². The first kappa shape index (κ1) is 17.7. The van der Waals surface area contributed by atoms with E-state index in [0.29, 0.717) is 13.1 Å². The van der Waals surface area contributed by atoms with Crippen molar-refractivity contribution in [2.24, 2.45) is 5.73 Å². The fourth-order valence-corrected chi connectivity index (χ4v) is 2.96. The van der Waals surface area contributed by atoms with Crippen LogP contribution in [-0.2, 0) is 16.8 Å². The molecule has 1 aromatic carbocycles. The fourth-order valence-electron chi connectivity index (χ4n) is 1.67. The molecule has 0 saturated carbocycles. The lowest BCUT2D eigenvalue weighted by Crippen LogP contribution is -2.42. The van der Waals surface area contributed by atoms with Gasteiger partial charge in [0.25, 0.3) is 10.2 Å². The van der Waals surface area contributed by atoms with Gasteiger partial charge in [0.15, 0.2) is 0 Å². The Kier molecular flexibility index (Phi) is 6.37. The summed E-state index contributed by atoms with van der Waals surface area (Å²) in [4.78, 5) is 0. The Balaban J connectivity index is 2.81. The Hall–Kier alpha value is -1.39.